The minimum Gasteiger partial charge on any atom is -0.480 e. The lowest BCUT2D eigenvalue weighted by atomic mass is 10.3. The second kappa shape index (κ2) is 5.22. The lowest BCUT2D eigenvalue weighted by Gasteiger charge is -2.05. The largest absolute Gasteiger partial charge is 0.480 e. The van der Waals surface area contributed by atoms with Crippen LogP contribution in [0.4, 0.5) is 4.39 Å². The Labute approximate surface area is 117 Å². The third-order valence-electron chi connectivity index (χ3n) is 2.28. The lowest BCUT2D eigenvalue weighted by Crippen LogP contribution is -2.08. The number of methoxy groups -OCH3 is 1. The predicted molar refractivity (Wildman–Crippen MR) is 68.1 cm³/mol. The summed E-state index contributed by atoms with van der Waals surface area (Å²) in [6.45, 7) is 0. The average molecular weight is 347 g/mol. The summed E-state index contributed by atoms with van der Waals surface area (Å²) in [5.74, 6) is -0.678. The molecule has 8 heteroatoms. The maximum Gasteiger partial charge on any atom is 0.233 e. The van der Waals surface area contributed by atoms with Gasteiger partial charge in [0.05, 0.1) is 7.11 Å². The quantitative estimate of drug-likeness (QED) is 0.852. The Morgan fingerprint density at radius 2 is 1.95 bits per heavy atom. The molecule has 2 aromatic rings. The summed E-state index contributed by atoms with van der Waals surface area (Å²) in [4.78, 5) is -0.449. The van der Waals surface area contributed by atoms with E-state index in [1.165, 1.54) is 31.4 Å². The van der Waals surface area contributed by atoms with Crippen LogP contribution >= 0.6 is 15.9 Å². The highest BCUT2D eigenvalue weighted by atomic mass is 79.9. The van der Waals surface area contributed by atoms with E-state index in [0.29, 0.717) is 4.47 Å². The molecule has 0 aliphatic carbocycles. The molecule has 0 N–H and O–H groups in total. The van der Waals surface area contributed by atoms with Crippen LogP contribution in [0.5, 0.6) is 5.88 Å². The Bertz CT molecular complexity index is 704. The van der Waals surface area contributed by atoms with Crippen LogP contribution in [0.3, 0.4) is 0 Å². The number of nitrogens with zero attached hydrogens (tertiary/aromatic N) is 2. The number of rotatable bonds is 3. The molecule has 2 rings (SSSR count). The van der Waals surface area contributed by atoms with Gasteiger partial charge in [-0.2, -0.15) is 0 Å². The summed E-state index contributed by atoms with van der Waals surface area (Å²) in [7, 11) is -2.65. The van der Waals surface area contributed by atoms with E-state index < -0.39 is 20.5 Å². The van der Waals surface area contributed by atoms with Gasteiger partial charge in [-0.15, -0.1) is 10.2 Å². The normalized spacial score (nSPS) is 11.3. The molecule has 0 atom stereocenters. The van der Waals surface area contributed by atoms with E-state index in [9.17, 15) is 12.8 Å². The highest BCUT2D eigenvalue weighted by Gasteiger charge is 2.23. The summed E-state index contributed by atoms with van der Waals surface area (Å²) in [6, 6.07) is 6.23. The van der Waals surface area contributed by atoms with Crippen molar-refractivity contribution in [1.29, 1.82) is 0 Å². The zero-order valence-electron chi connectivity index (χ0n) is 9.67. The predicted octanol–water partition coefficient (Wildman–Crippen LogP) is 2.22. The first-order valence-electron chi connectivity index (χ1n) is 5.03. The molecule has 0 bridgehead atoms. The van der Waals surface area contributed by atoms with E-state index in [2.05, 4.69) is 26.1 Å². The number of aromatic nitrogens is 2. The van der Waals surface area contributed by atoms with Crippen molar-refractivity contribution in [3.63, 3.8) is 0 Å². The molecule has 1 heterocycles. The van der Waals surface area contributed by atoms with Gasteiger partial charge in [0.15, 0.2) is 5.03 Å². The Kier molecular flexibility index (Phi) is 3.81. The summed E-state index contributed by atoms with van der Waals surface area (Å²) >= 11 is 3.06. The van der Waals surface area contributed by atoms with Crippen molar-refractivity contribution < 1.29 is 17.5 Å². The highest BCUT2D eigenvalue weighted by Crippen LogP contribution is 2.24. The van der Waals surface area contributed by atoms with Gasteiger partial charge in [-0.05, 0) is 24.3 Å². The van der Waals surface area contributed by atoms with Crippen LogP contribution in [0, 0.1) is 5.82 Å². The van der Waals surface area contributed by atoms with Gasteiger partial charge in [0.1, 0.15) is 10.7 Å². The number of hydrogen-bond donors (Lipinski definition) is 0. The van der Waals surface area contributed by atoms with Gasteiger partial charge in [0.25, 0.3) is 0 Å². The highest BCUT2D eigenvalue weighted by molar-refractivity contribution is 9.10. The van der Waals surface area contributed by atoms with Crippen molar-refractivity contribution in [1.82, 2.24) is 10.2 Å². The Morgan fingerprint density at radius 3 is 2.47 bits per heavy atom. The van der Waals surface area contributed by atoms with Crippen molar-refractivity contribution in [2.24, 2.45) is 0 Å². The third-order valence-corrected chi connectivity index (χ3v) is 4.46. The van der Waals surface area contributed by atoms with Crippen LogP contribution in [0.2, 0.25) is 0 Å². The Hall–Kier alpha value is -1.54. The van der Waals surface area contributed by atoms with Crippen LogP contribution in [0.25, 0.3) is 0 Å². The van der Waals surface area contributed by atoms with Crippen LogP contribution in [-0.2, 0) is 9.84 Å². The molecule has 0 aliphatic heterocycles. The van der Waals surface area contributed by atoms with Gasteiger partial charge in [0.2, 0.25) is 15.7 Å². The number of benzene rings is 1. The fourth-order valence-corrected chi connectivity index (χ4v) is 2.88. The molecular formula is C11H8BrFN2O3S. The maximum absolute atomic E-state index is 13.7. The first-order chi connectivity index (χ1) is 8.95. The van der Waals surface area contributed by atoms with Gasteiger partial charge < -0.3 is 4.74 Å². The fourth-order valence-electron chi connectivity index (χ4n) is 1.37. The van der Waals surface area contributed by atoms with E-state index in [1.807, 2.05) is 0 Å². The van der Waals surface area contributed by atoms with Crippen LogP contribution < -0.4 is 4.74 Å². The molecule has 19 heavy (non-hydrogen) atoms. The molecule has 0 aliphatic rings. The van der Waals surface area contributed by atoms with E-state index in [-0.39, 0.29) is 10.9 Å². The molecule has 1 aromatic heterocycles. The number of hydrogen-bond acceptors (Lipinski definition) is 5. The van der Waals surface area contributed by atoms with Gasteiger partial charge >= 0.3 is 0 Å². The molecule has 5 nitrogen and oxygen atoms in total. The fraction of sp³-hybridized carbons (Fsp3) is 0.0909. The van der Waals surface area contributed by atoms with Crippen LogP contribution in [0.1, 0.15) is 0 Å². The lowest BCUT2D eigenvalue weighted by molar-refractivity contribution is 0.389. The van der Waals surface area contributed by atoms with Gasteiger partial charge in [-0.1, -0.05) is 15.9 Å². The molecule has 0 unspecified atom stereocenters. The summed E-state index contributed by atoms with van der Waals surface area (Å²) < 4.78 is 43.3. The molecule has 0 fully saturated rings. The minimum absolute atomic E-state index is 0.176. The number of sulfone groups is 1. The molecule has 1 aromatic carbocycles. The van der Waals surface area contributed by atoms with Crippen LogP contribution in [0.15, 0.2) is 44.7 Å². The Morgan fingerprint density at radius 1 is 1.21 bits per heavy atom. The van der Waals surface area contributed by atoms with E-state index in [4.69, 9.17) is 4.74 Å². The van der Waals surface area contributed by atoms with Gasteiger partial charge in [-0.3, -0.25) is 0 Å². The first-order valence-corrected chi connectivity index (χ1v) is 7.30. The molecule has 0 amide bonds. The van der Waals surface area contributed by atoms with E-state index in [1.54, 1.807) is 0 Å². The van der Waals surface area contributed by atoms with Gasteiger partial charge in [0, 0.05) is 10.5 Å². The van der Waals surface area contributed by atoms with Crippen molar-refractivity contribution in [2.75, 3.05) is 7.11 Å². The van der Waals surface area contributed by atoms with Crippen molar-refractivity contribution in [2.45, 2.75) is 9.92 Å². The number of halogens is 2. The smallest absolute Gasteiger partial charge is 0.233 e. The first kappa shape index (κ1) is 13.9. The molecular weight excluding hydrogens is 339 g/mol. The second-order valence-corrected chi connectivity index (χ2v) is 6.27. The zero-order valence-corrected chi connectivity index (χ0v) is 12.1. The van der Waals surface area contributed by atoms with Crippen molar-refractivity contribution in [3.05, 3.63) is 40.6 Å². The Balaban J connectivity index is 2.52. The second-order valence-electron chi connectivity index (χ2n) is 3.49. The molecule has 0 saturated heterocycles. The summed E-state index contributed by atoms with van der Waals surface area (Å²) in [6.07, 6.45) is 0. The van der Waals surface area contributed by atoms with E-state index >= 15 is 0 Å². The minimum atomic E-state index is -4.04. The summed E-state index contributed by atoms with van der Waals surface area (Å²) in [5.41, 5.74) is 0. The van der Waals surface area contributed by atoms with Crippen molar-refractivity contribution >= 4 is 25.8 Å². The maximum atomic E-state index is 13.7. The topological polar surface area (TPSA) is 69.2 Å². The number of ether oxygens (including phenoxy) is 1. The SMILES string of the molecule is COc1ccc(S(=O)(=O)c2ccc(Br)cc2F)nn1. The zero-order chi connectivity index (χ0) is 14.0. The van der Waals surface area contributed by atoms with E-state index in [0.717, 1.165) is 6.07 Å². The van der Waals surface area contributed by atoms with Crippen molar-refractivity contribution in [3.8, 4) is 5.88 Å². The summed E-state index contributed by atoms with van der Waals surface area (Å²) in [5, 5.41) is 6.73. The third kappa shape index (κ3) is 2.74. The molecule has 0 saturated carbocycles. The average Bonchev–Trinajstić information content (AvgIpc) is 2.38. The van der Waals surface area contributed by atoms with Gasteiger partial charge in [-0.25, -0.2) is 12.8 Å². The molecule has 100 valence electrons. The standard InChI is InChI=1S/C11H8BrFN2O3S/c1-18-10-4-5-11(15-14-10)19(16,17)9-3-2-7(12)6-8(9)13/h2-6H,1H3. The van der Waals surface area contributed by atoms with Crippen LogP contribution in [-0.4, -0.2) is 25.7 Å². The molecule has 0 radical (unpaired) electrons. The molecule has 0 spiro atoms. The monoisotopic (exact) mass is 346 g/mol.